The lowest BCUT2D eigenvalue weighted by Gasteiger charge is -2.07. The Kier molecular flexibility index (Phi) is 2.88. The first kappa shape index (κ1) is 10.9. The van der Waals surface area contributed by atoms with E-state index in [1.165, 1.54) is 0 Å². The van der Waals surface area contributed by atoms with Gasteiger partial charge in [0.15, 0.2) is 5.75 Å². The van der Waals surface area contributed by atoms with Crippen LogP contribution in [0, 0.1) is 18.3 Å². The Morgan fingerprint density at radius 2 is 2.18 bits per heavy atom. The van der Waals surface area contributed by atoms with Gasteiger partial charge in [0.05, 0.1) is 17.3 Å². The van der Waals surface area contributed by atoms with Crippen LogP contribution in [-0.4, -0.2) is 9.97 Å². The molecule has 0 aliphatic heterocycles. The molecule has 0 amide bonds. The lowest BCUT2D eigenvalue weighted by Crippen LogP contribution is -1.96. The van der Waals surface area contributed by atoms with E-state index in [1.54, 1.807) is 37.4 Å². The maximum atomic E-state index is 8.71. The van der Waals surface area contributed by atoms with Crippen LogP contribution in [0.5, 0.6) is 11.6 Å². The van der Waals surface area contributed by atoms with E-state index in [4.69, 9.17) is 15.7 Å². The number of rotatable bonds is 2. The number of hydrogen-bond acceptors (Lipinski definition) is 5. The van der Waals surface area contributed by atoms with Crippen molar-refractivity contribution in [2.24, 2.45) is 0 Å². The first-order valence-corrected chi connectivity index (χ1v) is 4.96. The van der Waals surface area contributed by atoms with E-state index in [2.05, 4.69) is 9.97 Å². The van der Waals surface area contributed by atoms with E-state index in [0.29, 0.717) is 28.7 Å². The van der Waals surface area contributed by atoms with Crippen LogP contribution >= 0.6 is 0 Å². The second-order valence-corrected chi connectivity index (χ2v) is 3.41. The summed E-state index contributed by atoms with van der Waals surface area (Å²) in [5.41, 5.74) is 6.66. The quantitative estimate of drug-likeness (QED) is 0.792. The van der Waals surface area contributed by atoms with Crippen LogP contribution in [0.4, 0.5) is 5.69 Å². The fourth-order valence-electron chi connectivity index (χ4n) is 1.31. The zero-order chi connectivity index (χ0) is 12.3. The molecule has 0 spiro atoms. The van der Waals surface area contributed by atoms with E-state index in [9.17, 15) is 0 Å². The second-order valence-electron chi connectivity index (χ2n) is 3.41. The number of anilines is 1. The smallest absolute Gasteiger partial charge is 0.222 e. The summed E-state index contributed by atoms with van der Waals surface area (Å²) in [5.74, 6) is 1.52. The highest BCUT2D eigenvalue weighted by Crippen LogP contribution is 2.26. The summed E-state index contributed by atoms with van der Waals surface area (Å²) < 4.78 is 5.50. The molecule has 5 heteroatoms. The molecule has 0 saturated carbocycles. The summed E-state index contributed by atoms with van der Waals surface area (Å²) in [6, 6.07) is 8.49. The van der Waals surface area contributed by atoms with Crippen molar-refractivity contribution in [3.05, 3.63) is 41.9 Å². The molecule has 5 nitrogen and oxygen atoms in total. The zero-order valence-electron chi connectivity index (χ0n) is 9.21. The first-order chi connectivity index (χ1) is 8.19. The molecule has 0 aliphatic rings. The Morgan fingerprint density at radius 3 is 2.82 bits per heavy atom. The first-order valence-electron chi connectivity index (χ1n) is 4.96. The van der Waals surface area contributed by atoms with E-state index < -0.39 is 0 Å². The van der Waals surface area contributed by atoms with Crippen LogP contribution in [0.15, 0.2) is 30.5 Å². The Hall–Kier alpha value is -2.61. The van der Waals surface area contributed by atoms with E-state index in [1.807, 2.05) is 6.07 Å². The number of nitriles is 1. The molecule has 2 rings (SSSR count). The summed E-state index contributed by atoms with van der Waals surface area (Å²) in [4.78, 5) is 8.06. The van der Waals surface area contributed by atoms with Crippen molar-refractivity contribution in [3.63, 3.8) is 0 Å². The molecular weight excluding hydrogens is 216 g/mol. The molecule has 1 heterocycles. The number of hydrogen-bond donors (Lipinski definition) is 1. The fraction of sp³-hybridized carbons (Fsp3) is 0.0833. The van der Waals surface area contributed by atoms with Gasteiger partial charge in [0.1, 0.15) is 5.82 Å². The topological polar surface area (TPSA) is 84.8 Å². The zero-order valence-corrected chi connectivity index (χ0v) is 9.21. The Labute approximate surface area is 98.5 Å². The van der Waals surface area contributed by atoms with Crippen LogP contribution < -0.4 is 10.5 Å². The molecule has 2 N–H and O–H groups in total. The van der Waals surface area contributed by atoms with Gasteiger partial charge in [-0.15, -0.1) is 0 Å². The molecule has 0 aliphatic carbocycles. The number of benzene rings is 1. The molecule has 1 aromatic heterocycles. The van der Waals surface area contributed by atoms with Crippen molar-refractivity contribution >= 4 is 5.69 Å². The predicted molar refractivity (Wildman–Crippen MR) is 62.4 cm³/mol. The van der Waals surface area contributed by atoms with Crippen molar-refractivity contribution in [1.29, 1.82) is 5.26 Å². The highest BCUT2D eigenvalue weighted by Gasteiger charge is 2.04. The van der Waals surface area contributed by atoms with Crippen molar-refractivity contribution < 1.29 is 4.74 Å². The van der Waals surface area contributed by atoms with Crippen LogP contribution in [0.25, 0.3) is 0 Å². The molecule has 0 radical (unpaired) electrons. The summed E-state index contributed by atoms with van der Waals surface area (Å²) in [6.45, 7) is 1.77. The third-order valence-electron chi connectivity index (χ3n) is 2.10. The monoisotopic (exact) mass is 226 g/mol. The van der Waals surface area contributed by atoms with Gasteiger partial charge >= 0.3 is 0 Å². The Morgan fingerprint density at radius 1 is 1.35 bits per heavy atom. The van der Waals surface area contributed by atoms with Gasteiger partial charge in [0.2, 0.25) is 5.88 Å². The van der Waals surface area contributed by atoms with E-state index in [0.717, 1.165) is 0 Å². The summed E-state index contributed by atoms with van der Waals surface area (Å²) in [7, 11) is 0. The lowest BCUT2D eigenvalue weighted by molar-refractivity contribution is 0.462. The van der Waals surface area contributed by atoms with Gasteiger partial charge in [0, 0.05) is 12.3 Å². The molecule has 0 fully saturated rings. The van der Waals surface area contributed by atoms with E-state index in [-0.39, 0.29) is 0 Å². The van der Waals surface area contributed by atoms with Crippen LogP contribution in [0.3, 0.4) is 0 Å². The summed E-state index contributed by atoms with van der Waals surface area (Å²) in [5, 5.41) is 8.71. The van der Waals surface area contributed by atoms with Crippen molar-refractivity contribution in [2.45, 2.75) is 6.92 Å². The average Bonchev–Trinajstić information content (AvgIpc) is 2.32. The minimum Gasteiger partial charge on any atom is -0.437 e. The van der Waals surface area contributed by atoms with Gasteiger partial charge < -0.3 is 10.5 Å². The van der Waals surface area contributed by atoms with E-state index >= 15 is 0 Å². The average molecular weight is 226 g/mol. The Bertz CT molecular complexity index is 589. The molecule has 17 heavy (non-hydrogen) atoms. The van der Waals surface area contributed by atoms with Gasteiger partial charge in [-0.1, -0.05) is 0 Å². The molecule has 2 aromatic rings. The number of aryl methyl sites for hydroxylation is 1. The van der Waals surface area contributed by atoms with Crippen molar-refractivity contribution in [2.75, 3.05) is 5.73 Å². The maximum Gasteiger partial charge on any atom is 0.222 e. The minimum absolute atomic E-state index is 0.403. The SMILES string of the molecule is Cc1nccc(Oc2ccc(C#N)cc2N)n1. The fourth-order valence-corrected chi connectivity index (χ4v) is 1.31. The standard InChI is InChI=1S/C12H10N4O/c1-8-15-5-4-12(16-8)17-11-3-2-9(7-13)6-10(11)14/h2-6H,14H2,1H3. The van der Waals surface area contributed by atoms with Gasteiger partial charge in [-0.3, -0.25) is 0 Å². The summed E-state index contributed by atoms with van der Waals surface area (Å²) in [6.07, 6.45) is 1.61. The molecule has 0 bridgehead atoms. The van der Waals surface area contributed by atoms with Gasteiger partial charge in [-0.2, -0.15) is 10.2 Å². The largest absolute Gasteiger partial charge is 0.437 e. The minimum atomic E-state index is 0.403. The predicted octanol–water partition coefficient (Wildman–Crippen LogP) is 2.03. The highest BCUT2D eigenvalue weighted by molar-refractivity contribution is 5.57. The summed E-state index contributed by atoms with van der Waals surface area (Å²) >= 11 is 0. The molecule has 0 saturated heterocycles. The third-order valence-corrected chi connectivity index (χ3v) is 2.10. The normalized spacial score (nSPS) is 9.65. The highest BCUT2D eigenvalue weighted by atomic mass is 16.5. The number of ether oxygens (including phenoxy) is 1. The second kappa shape index (κ2) is 4.49. The van der Waals surface area contributed by atoms with Crippen molar-refractivity contribution in [1.82, 2.24) is 9.97 Å². The lowest BCUT2D eigenvalue weighted by atomic mass is 10.2. The van der Waals surface area contributed by atoms with Gasteiger partial charge in [-0.05, 0) is 25.1 Å². The molecule has 1 aromatic carbocycles. The maximum absolute atomic E-state index is 8.71. The third kappa shape index (κ3) is 2.49. The number of nitrogen functional groups attached to an aromatic ring is 1. The van der Waals surface area contributed by atoms with Gasteiger partial charge in [-0.25, -0.2) is 4.98 Å². The number of nitrogens with two attached hydrogens (primary N) is 1. The van der Waals surface area contributed by atoms with Gasteiger partial charge in [0.25, 0.3) is 0 Å². The van der Waals surface area contributed by atoms with Crippen molar-refractivity contribution in [3.8, 4) is 17.7 Å². The molecule has 84 valence electrons. The Balaban J connectivity index is 2.28. The van der Waals surface area contributed by atoms with Crippen LogP contribution in [0.1, 0.15) is 11.4 Å². The van der Waals surface area contributed by atoms with Crippen LogP contribution in [-0.2, 0) is 0 Å². The molecule has 0 atom stereocenters. The molecule has 0 unspecified atom stereocenters. The number of aromatic nitrogens is 2. The number of nitrogens with zero attached hydrogens (tertiary/aromatic N) is 3. The van der Waals surface area contributed by atoms with Crippen LogP contribution in [0.2, 0.25) is 0 Å². The molecular formula is C12H10N4O.